The Hall–Kier alpha value is -3.39. The average molecular weight is 624 g/mol. The maximum atomic E-state index is 13.7. The standard InChI is InChI=1S/C28H48F3N5O7/c1-12-15-16-27(13-2,20(40)34-23(4,5)18(38)33-26(10,11)22(42)43-14-3)36-19(39)25(8,9)32-17(37)24(6,7)35-21(41)28(29,30)31/h12-16H2,1-11H3,(H,32,37)(H,33,38)(H,34,40)(H,35,41)(H,36,39)/t27-/m0/s1. The topological polar surface area (TPSA) is 172 Å². The summed E-state index contributed by atoms with van der Waals surface area (Å²) in [5.41, 5.74) is -8.30. The molecule has 0 aliphatic rings. The van der Waals surface area contributed by atoms with Gasteiger partial charge in [-0.3, -0.25) is 24.0 Å². The van der Waals surface area contributed by atoms with Crippen LogP contribution < -0.4 is 26.6 Å². The van der Waals surface area contributed by atoms with Gasteiger partial charge in [0.2, 0.25) is 23.6 Å². The molecule has 0 aromatic rings. The summed E-state index contributed by atoms with van der Waals surface area (Å²) in [5, 5.41) is 11.8. The molecule has 5 amide bonds. The lowest BCUT2D eigenvalue weighted by atomic mass is 9.85. The number of alkyl halides is 3. The molecule has 248 valence electrons. The summed E-state index contributed by atoms with van der Waals surface area (Å²) in [6.45, 7) is 15.6. The monoisotopic (exact) mass is 623 g/mol. The fourth-order valence-corrected chi connectivity index (χ4v) is 3.68. The van der Waals surface area contributed by atoms with Crippen molar-refractivity contribution in [2.24, 2.45) is 0 Å². The van der Waals surface area contributed by atoms with E-state index in [0.29, 0.717) is 12.8 Å². The van der Waals surface area contributed by atoms with E-state index in [-0.39, 0.29) is 19.4 Å². The molecular weight excluding hydrogens is 575 g/mol. The zero-order valence-electron chi connectivity index (χ0n) is 27.0. The highest BCUT2D eigenvalue weighted by atomic mass is 19.4. The minimum absolute atomic E-state index is 0.0771. The third-order valence-corrected chi connectivity index (χ3v) is 6.80. The van der Waals surface area contributed by atoms with Gasteiger partial charge in [0, 0.05) is 0 Å². The van der Waals surface area contributed by atoms with Crippen LogP contribution in [0.5, 0.6) is 0 Å². The van der Waals surface area contributed by atoms with Crippen molar-refractivity contribution in [3.05, 3.63) is 0 Å². The largest absolute Gasteiger partial charge is 0.471 e. The van der Waals surface area contributed by atoms with Gasteiger partial charge < -0.3 is 31.3 Å². The lowest BCUT2D eigenvalue weighted by molar-refractivity contribution is -0.176. The molecule has 1 atom stereocenters. The van der Waals surface area contributed by atoms with Crippen LogP contribution in [0.3, 0.4) is 0 Å². The van der Waals surface area contributed by atoms with Crippen molar-refractivity contribution >= 4 is 35.5 Å². The third kappa shape index (κ3) is 11.0. The maximum Gasteiger partial charge on any atom is 0.471 e. The summed E-state index contributed by atoms with van der Waals surface area (Å²) in [7, 11) is 0. The third-order valence-electron chi connectivity index (χ3n) is 6.80. The zero-order chi connectivity index (χ0) is 34.2. The molecule has 0 heterocycles. The predicted molar refractivity (Wildman–Crippen MR) is 152 cm³/mol. The van der Waals surface area contributed by atoms with E-state index in [0.717, 1.165) is 13.8 Å². The average Bonchev–Trinajstić information content (AvgIpc) is 2.84. The van der Waals surface area contributed by atoms with Crippen LogP contribution in [0, 0.1) is 0 Å². The lowest BCUT2D eigenvalue weighted by Gasteiger charge is -2.39. The first kappa shape index (κ1) is 39.6. The second-order valence-corrected chi connectivity index (χ2v) is 12.5. The van der Waals surface area contributed by atoms with Gasteiger partial charge in [0.25, 0.3) is 0 Å². The van der Waals surface area contributed by atoms with Gasteiger partial charge in [0.15, 0.2) is 0 Å². The molecule has 12 nitrogen and oxygen atoms in total. The lowest BCUT2D eigenvalue weighted by Crippen LogP contribution is -2.69. The molecule has 15 heteroatoms. The van der Waals surface area contributed by atoms with Crippen molar-refractivity contribution in [2.75, 3.05) is 6.61 Å². The Bertz CT molecular complexity index is 1070. The van der Waals surface area contributed by atoms with E-state index in [1.807, 2.05) is 6.92 Å². The van der Waals surface area contributed by atoms with Crippen molar-refractivity contribution in [3.63, 3.8) is 0 Å². The van der Waals surface area contributed by atoms with Gasteiger partial charge in [0.05, 0.1) is 6.61 Å². The Morgan fingerprint density at radius 1 is 0.558 bits per heavy atom. The SMILES string of the molecule is CCCC[C@](CC)(NC(=O)C(C)(C)NC(=O)C(C)(C)NC(=O)C(F)(F)F)C(=O)NC(C)(C)C(=O)NC(C)(C)C(=O)OCC. The number of amides is 5. The molecule has 0 aliphatic carbocycles. The van der Waals surface area contributed by atoms with E-state index >= 15 is 0 Å². The van der Waals surface area contributed by atoms with Gasteiger partial charge in [0.1, 0.15) is 27.7 Å². The number of hydrogen-bond acceptors (Lipinski definition) is 7. The molecule has 5 N–H and O–H groups in total. The number of hydrogen-bond donors (Lipinski definition) is 5. The Morgan fingerprint density at radius 2 is 0.930 bits per heavy atom. The highest BCUT2D eigenvalue weighted by Crippen LogP contribution is 2.23. The fourth-order valence-electron chi connectivity index (χ4n) is 3.68. The number of rotatable bonds is 15. The smallest absolute Gasteiger partial charge is 0.464 e. The molecule has 0 radical (unpaired) electrons. The van der Waals surface area contributed by atoms with Gasteiger partial charge in [-0.05, 0) is 75.2 Å². The van der Waals surface area contributed by atoms with Gasteiger partial charge >= 0.3 is 18.1 Å². The number of carbonyl (C=O) groups excluding carboxylic acids is 6. The van der Waals surface area contributed by atoms with E-state index < -0.39 is 69.4 Å². The highest BCUT2D eigenvalue weighted by molar-refractivity contribution is 6.01. The Kier molecular flexibility index (Phi) is 13.3. The number of esters is 1. The molecule has 0 saturated carbocycles. The molecule has 0 rings (SSSR count). The van der Waals surface area contributed by atoms with Crippen LogP contribution in [0.1, 0.15) is 102 Å². The minimum Gasteiger partial charge on any atom is -0.464 e. The first-order chi connectivity index (χ1) is 19.2. The second-order valence-electron chi connectivity index (χ2n) is 12.5. The molecule has 0 unspecified atom stereocenters. The summed E-state index contributed by atoms with van der Waals surface area (Å²) in [4.78, 5) is 76.8. The predicted octanol–water partition coefficient (Wildman–Crippen LogP) is 2.15. The van der Waals surface area contributed by atoms with Crippen molar-refractivity contribution in [1.29, 1.82) is 0 Å². The van der Waals surface area contributed by atoms with Crippen LogP contribution in [0.15, 0.2) is 0 Å². The normalized spacial score (nSPS) is 14.1. The van der Waals surface area contributed by atoms with Crippen LogP contribution in [0.2, 0.25) is 0 Å². The molecule has 0 bridgehead atoms. The molecule has 0 fully saturated rings. The molecule has 0 aromatic heterocycles. The van der Waals surface area contributed by atoms with Gasteiger partial charge in [-0.1, -0.05) is 26.7 Å². The van der Waals surface area contributed by atoms with E-state index in [4.69, 9.17) is 4.74 Å². The van der Waals surface area contributed by atoms with Gasteiger partial charge in [-0.25, -0.2) is 4.79 Å². The molecule has 0 saturated heterocycles. The van der Waals surface area contributed by atoms with Crippen LogP contribution in [0.25, 0.3) is 0 Å². The van der Waals surface area contributed by atoms with Crippen LogP contribution in [-0.4, -0.2) is 76.0 Å². The fraction of sp³-hybridized carbons (Fsp3) is 0.786. The van der Waals surface area contributed by atoms with Crippen LogP contribution in [0.4, 0.5) is 13.2 Å². The number of nitrogens with one attached hydrogen (secondary N) is 5. The van der Waals surface area contributed by atoms with E-state index in [1.165, 1.54) is 41.5 Å². The minimum atomic E-state index is -5.23. The highest BCUT2D eigenvalue weighted by Gasteiger charge is 2.47. The quantitative estimate of drug-likeness (QED) is 0.174. The van der Waals surface area contributed by atoms with Crippen molar-refractivity contribution < 1.29 is 46.7 Å². The maximum absolute atomic E-state index is 13.7. The second kappa shape index (κ2) is 14.4. The number of halogens is 3. The summed E-state index contributed by atoms with van der Waals surface area (Å²) >= 11 is 0. The van der Waals surface area contributed by atoms with E-state index in [1.54, 1.807) is 19.2 Å². The number of carbonyl (C=O) groups is 6. The van der Waals surface area contributed by atoms with Gasteiger partial charge in [-0.2, -0.15) is 13.2 Å². The first-order valence-corrected chi connectivity index (χ1v) is 14.1. The molecule has 0 aromatic carbocycles. The van der Waals surface area contributed by atoms with Crippen molar-refractivity contribution in [1.82, 2.24) is 26.6 Å². The first-order valence-electron chi connectivity index (χ1n) is 14.1. The Morgan fingerprint density at radius 3 is 1.30 bits per heavy atom. The summed E-state index contributed by atoms with van der Waals surface area (Å²) in [6, 6.07) is 0. The van der Waals surface area contributed by atoms with Crippen LogP contribution in [-0.2, 0) is 33.5 Å². The summed E-state index contributed by atoms with van der Waals surface area (Å²) in [6.07, 6.45) is -3.85. The van der Waals surface area contributed by atoms with Crippen LogP contribution >= 0.6 is 0 Å². The Labute approximate surface area is 251 Å². The molecule has 43 heavy (non-hydrogen) atoms. The summed E-state index contributed by atoms with van der Waals surface area (Å²) < 4.78 is 43.2. The molecule has 0 spiro atoms. The van der Waals surface area contributed by atoms with E-state index in [2.05, 4.69) is 21.3 Å². The number of ether oxygens (including phenoxy) is 1. The Balaban J connectivity index is 6.04. The van der Waals surface area contributed by atoms with Gasteiger partial charge in [-0.15, -0.1) is 0 Å². The van der Waals surface area contributed by atoms with Crippen molar-refractivity contribution in [3.8, 4) is 0 Å². The molecular formula is C28H48F3N5O7. The summed E-state index contributed by atoms with van der Waals surface area (Å²) in [5.74, 6) is -6.31. The number of unbranched alkanes of at least 4 members (excludes halogenated alkanes) is 1. The van der Waals surface area contributed by atoms with Crippen molar-refractivity contribution in [2.45, 2.75) is 136 Å². The van der Waals surface area contributed by atoms with E-state index in [9.17, 15) is 41.9 Å². The molecule has 0 aliphatic heterocycles. The zero-order valence-corrected chi connectivity index (χ0v) is 27.0.